The molecule has 9 heteroatoms. The molecule has 1 heterocycles. The van der Waals surface area contributed by atoms with Crippen molar-refractivity contribution < 1.29 is 14.4 Å². The van der Waals surface area contributed by atoms with Crippen molar-refractivity contribution in [2.45, 2.75) is 18.4 Å². The molecule has 0 saturated carbocycles. The zero-order chi connectivity index (χ0) is 15.9. The lowest BCUT2D eigenvalue weighted by molar-refractivity contribution is -0.129. The Kier molecular flexibility index (Phi) is 6.53. The van der Waals surface area contributed by atoms with E-state index in [4.69, 9.17) is 17.2 Å². The highest BCUT2D eigenvalue weighted by Crippen LogP contribution is 2.24. The highest BCUT2D eigenvalue weighted by Gasteiger charge is 2.40. The average Bonchev–Trinajstić information content (AvgIpc) is 2.40. The van der Waals surface area contributed by atoms with Crippen LogP contribution in [0.3, 0.4) is 0 Å². The van der Waals surface area contributed by atoms with Gasteiger partial charge in [0.1, 0.15) is 0 Å². The van der Waals surface area contributed by atoms with E-state index >= 15 is 0 Å². The molecule has 0 aromatic heterocycles. The molecule has 21 heavy (non-hydrogen) atoms. The van der Waals surface area contributed by atoms with E-state index in [9.17, 15) is 14.4 Å². The van der Waals surface area contributed by atoms with Crippen LogP contribution in [0.25, 0.3) is 0 Å². The minimum atomic E-state index is -0.932. The van der Waals surface area contributed by atoms with Crippen LogP contribution in [0.1, 0.15) is 12.8 Å². The van der Waals surface area contributed by atoms with E-state index < -0.39 is 23.3 Å². The molecular formula is C12H24N6O3. The van der Waals surface area contributed by atoms with Crippen molar-refractivity contribution in [1.29, 1.82) is 0 Å². The highest BCUT2D eigenvalue weighted by molar-refractivity contribution is 5.80. The Morgan fingerprint density at radius 3 is 2.00 bits per heavy atom. The molecule has 1 rings (SSSR count). The van der Waals surface area contributed by atoms with E-state index in [1.54, 1.807) is 4.90 Å². The van der Waals surface area contributed by atoms with Crippen molar-refractivity contribution in [3.8, 4) is 0 Å². The number of nitrogens with zero attached hydrogens (tertiary/aromatic N) is 1. The van der Waals surface area contributed by atoms with Crippen LogP contribution in [0, 0.1) is 0 Å². The third-order valence-corrected chi connectivity index (χ3v) is 3.52. The van der Waals surface area contributed by atoms with Crippen molar-refractivity contribution in [2.75, 3.05) is 39.3 Å². The van der Waals surface area contributed by atoms with Gasteiger partial charge in [0.05, 0.1) is 12.1 Å². The zero-order valence-corrected chi connectivity index (χ0v) is 12.1. The molecule has 1 aliphatic rings. The standard InChI is InChI=1S/C12H24N6O3/c13-9(19)5-12(6-10(14)20)8-17-2-1-16-3-4-18(12)7-11(15)21/h16-17H,1-8H2,(H2,13,19)(H2,14,20)(H2,15,21). The van der Waals surface area contributed by atoms with Crippen LogP contribution >= 0.6 is 0 Å². The van der Waals surface area contributed by atoms with Crippen LogP contribution in [-0.4, -0.2) is 67.4 Å². The second-order valence-electron chi connectivity index (χ2n) is 5.33. The Bertz CT molecular complexity index is 384. The van der Waals surface area contributed by atoms with Crippen LogP contribution < -0.4 is 27.8 Å². The number of carbonyl (C=O) groups is 3. The molecule has 1 saturated heterocycles. The molecule has 1 aliphatic heterocycles. The van der Waals surface area contributed by atoms with Gasteiger partial charge >= 0.3 is 0 Å². The predicted octanol–water partition coefficient (Wildman–Crippen LogP) is -3.54. The first kappa shape index (κ1) is 17.3. The lowest BCUT2D eigenvalue weighted by Crippen LogP contribution is -2.60. The number of amides is 3. The van der Waals surface area contributed by atoms with Gasteiger partial charge in [-0.3, -0.25) is 19.3 Å². The minimum Gasteiger partial charge on any atom is -0.370 e. The maximum Gasteiger partial charge on any atom is 0.231 e. The first-order valence-electron chi connectivity index (χ1n) is 6.87. The molecule has 0 aromatic carbocycles. The van der Waals surface area contributed by atoms with Crippen molar-refractivity contribution in [2.24, 2.45) is 17.2 Å². The summed E-state index contributed by atoms with van der Waals surface area (Å²) >= 11 is 0. The molecule has 0 bridgehead atoms. The molecule has 1 fully saturated rings. The summed E-state index contributed by atoms with van der Waals surface area (Å²) in [6.45, 7) is 2.74. The number of primary amides is 3. The van der Waals surface area contributed by atoms with Gasteiger partial charge in [-0.15, -0.1) is 0 Å². The SMILES string of the molecule is NC(=O)CN1CCNCCNCC1(CC(N)=O)CC(N)=O. The first-order chi connectivity index (χ1) is 9.85. The molecule has 9 nitrogen and oxygen atoms in total. The average molecular weight is 300 g/mol. The maximum atomic E-state index is 11.5. The monoisotopic (exact) mass is 300 g/mol. The number of nitrogens with one attached hydrogen (secondary N) is 2. The van der Waals surface area contributed by atoms with Crippen molar-refractivity contribution in [1.82, 2.24) is 15.5 Å². The summed E-state index contributed by atoms with van der Waals surface area (Å²) in [7, 11) is 0. The number of nitrogens with two attached hydrogens (primary N) is 3. The highest BCUT2D eigenvalue weighted by atomic mass is 16.2. The van der Waals surface area contributed by atoms with Gasteiger partial charge in [0.2, 0.25) is 17.7 Å². The topological polar surface area (TPSA) is 157 Å². The van der Waals surface area contributed by atoms with Gasteiger partial charge in [-0.1, -0.05) is 0 Å². The summed E-state index contributed by atoms with van der Waals surface area (Å²) in [4.78, 5) is 35.9. The molecule has 0 aliphatic carbocycles. The molecule has 0 aromatic rings. The van der Waals surface area contributed by atoms with Gasteiger partial charge in [0.15, 0.2) is 0 Å². The summed E-state index contributed by atoms with van der Waals surface area (Å²) in [5.74, 6) is -1.65. The first-order valence-corrected chi connectivity index (χ1v) is 6.87. The van der Waals surface area contributed by atoms with E-state index in [0.717, 1.165) is 6.54 Å². The number of rotatable bonds is 6. The summed E-state index contributed by atoms with van der Waals surface area (Å²) < 4.78 is 0. The molecular weight excluding hydrogens is 276 g/mol. The lowest BCUT2D eigenvalue weighted by atomic mass is 9.87. The molecule has 0 spiro atoms. The van der Waals surface area contributed by atoms with Crippen molar-refractivity contribution >= 4 is 17.7 Å². The largest absolute Gasteiger partial charge is 0.370 e. The Morgan fingerprint density at radius 1 is 0.905 bits per heavy atom. The van der Waals surface area contributed by atoms with E-state index in [-0.39, 0.29) is 19.4 Å². The van der Waals surface area contributed by atoms with Gasteiger partial charge < -0.3 is 27.8 Å². The normalized spacial score (nSPS) is 20.0. The number of hydrogen-bond acceptors (Lipinski definition) is 6. The fourth-order valence-corrected chi connectivity index (χ4v) is 2.68. The van der Waals surface area contributed by atoms with E-state index in [1.807, 2.05) is 0 Å². The Hall–Kier alpha value is -1.71. The molecule has 0 unspecified atom stereocenters. The van der Waals surface area contributed by atoms with E-state index in [0.29, 0.717) is 26.2 Å². The summed E-state index contributed by atoms with van der Waals surface area (Å²) in [6.07, 6.45) is -0.146. The maximum absolute atomic E-state index is 11.5. The van der Waals surface area contributed by atoms with Gasteiger partial charge in [-0.2, -0.15) is 0 Å². The molecule has 0 atom stereocenters. The van der Waals surface area contributed by atoms with Crippen LogP contribution in [0.2, 0.25) is 0 Å². The molecule has 8 N–H and O–H groups in total. The third kappa shape index (κ3) is 5.66. The summed E-state index contributed by atoms with van der Waals surface area (Å²) in [5, 5.41) is 6.35. The third-order valence-electron chi connectivity index (χ3n) is 3.52. The van der Waals surface area contributed by atoms with Crippen LogP contribution in [0.4, 0.5) is 0 Å². The zero-order valence-electron chi connectivity index (χ0n) is 12.1. The molecule has 3 amide bonds. The van der Waals surface area contributed by atoms with Crippen LogP contribution in [0.5, 0.6) is 0 Å². The summed E-state index contributed by atoms with van der Waals surface area (Å²) in [5.41, 5.74) is 15.0. The van der Waals surface area contributed by atoms with E-state index in [2.05, 4.69) is 10.6 Å². The summed E-state index contributed by atoms with van der Waals surface area (Å²) in [6, 6.07) is 0. The second-order valence-corrected chi connectivity index (χ2v) is 5.33. The van der Waals surface area contributed by atoms with Gasteiger partial charge in [-0.25, -0.2) is 0 Å². The molecule has 0 radical (unpaired) electrons. The Labute approximate surface area is 123 Å². The number of hydrogen-bond donors (Lipinski definition) is 5. The number of carbonyl (C=O) groups excluding carboxylic acids is 3. The van der Waals surface area contributed by atoms with Crippen molar-refractivity contribution in [3.63, 3.8) is 0 Å². The van der Waals surface area contributed by atoms with Crippen molar-refractivity contribution in [3.05, 3.63) is 0 Å². The van der Waals surface area contributed by atoms with E-state index in [1.165, 1.54) is 0 Å². The Morgan fingerprint density at radius 2 is 1.48 bits per heavy atom. The predicted molar refractivity (Wildman–Crippen MR) is 76.9 cm³/mol. The van der Waals surface area contributed by atoms with Crippen LogP contribution in [-0.2, 0) is 14.4 Å². The quantitative estimate of drug-likeness (QED) is 0.342. The second kappa shape index (κ2) is 7.91. The van der Waals surface area contributed by atoms with Gasteiger partial charge in [0, 0.05) is 45.6 Å². The van der Waals surface area contributed by atoms with Gasteiger partial charge in [0.25, 0.3) is 0 Å². The minimum absolute atomic E-state index is 0.0656. The fraction of sp³-hybridized carbons (Fsp3) is 0.750. The van der Waals surface area contributed by atoms with Crippen LogP contribution in [0.15, 0.2) is 0 Å². The fourth-order valence-electron chi connectivity index (χ4n) is 2.68. The smallest absolute Gasteiger partial charge is 0.231 e. The Balaban J connectivity index is 3.10. The lowest BCUT2D eigenvalue weighted by Gasteiger charge is -2.42. The van der Waals surface area contributed by atoms with Gasteiger partial charge in [-0.05, 0) is 0 Å². The molecule has 120 valence electrons.